The average molecular weight is 340 g/mol. The average Bonchev–Trinajstić information content (AvgIpc) is 2.56. The maximum atomic E-state index is 6.10. The molecule has 2 rings (SSSR count). The SMILES string of the molecule is Cc1ccc(C(CN)N2CCCN(C)CC2C)cc1Br. The van der Waals surface area contributed by atoms with E-state index in [4.69, 9.17) is 5.73 Å². The van der Waals surface area contributed by atoms with Gasteiger partial charge in [-0.15, -0.1) is 0 Å². The molecule has 0 aromatic heterocycles. The summed E-state index contributed by atoms with van der Waals surface area (Å²) in [4.78, 5) is 4.99. The van der Waals surface area contributed by atoms with E-state index in [1.807, 2.05) is 0 Å². The molecule has 1 aliphatic rings. The smallest absolute Gasteiger partial charge is 0.0474 e. The maximum Gasteiger partial charge on any atom is 0.0474 e. The van der Waals surface area contributed by atoms with Gasteiger partial charge in [-0.2, -0.15) is 0 Å². The Kier molecular flexibility index (Phi) is 5.61. The van der Waals surface area contributed by atoms with Gasteiger partial charge in [0.15, 0.2) is 0 Å². The molecule has 112 valence electrons. The van der Waals surface area contributed by atoms with Gasteiger partial charge in [-0.05, 0) is 51.1 Å². The van der Waals surface area contributed by atoms with Crippen LogP contribution in [0.4, 0.5) is 0 Å². The molecule has 1 fully saturated rings. The summed E-state index contributed by atoms with van der Waals surface area (Å²) in [5.74, 6) is 0. The zero-order chi connectivity index (χ0) is 14.7. The molecule has 0 radical (unpaired) electrons. The standard InChI is InChI=1S/C16H26BrN3/c1-12-5-6-14(9-15(12)17)16(10-18)20-8-4-7-19(3)11-13(20)2/h5-6,9,13,16H,4,7-8,10-11,18H2,1-3H3. The summed E-state index contributed by atoms with van der Waals surface area (Å²) < 4.78 is 1.17. The molecule has 0 amide bonds. The van der Waals surface area contributed by atoms with Gasteiger partial charge < -0.3 is 10.6 Å². The van der Waals surface area contributed by atoms with Crippen LogP contribution in [-0.4, -0.2) is 49.1 Å². The van der Waals surface area contributed by atoms with Gasteiger partial charge in [-0.25, -0.2) is 0 Å². The molecule has 1 aromatic carbocycles. The number of benzene rings is 1. The Labute approximate surface area is 131 Å². The zero-order valence-corrected chi connectivity index (χ0v) is 14.4. The monoisotopic (exact) mass is 339 g/mol. The Bertz CT molecular complexity index is 449. The van der Waals surface area contributed by atoms with Crippen molar-refractivity contribution in [2.24, 2.45) is 5.73 Å². The number of hydrogen-bond acceptors (Lipinski definition) is 3. The quantitative estimate of drug-likeness (QED) is 0.918. The van der Waals surface area contributed by atoms with E-state index < -0.39 is 0 Å². The second-order valence-electron chi connectivity index (χ2n) is 5.96. The molecule has 1 aliphatic heterocycles. The number of nitrogens with zero attached hydrogens (tertiary/aromatic N) is 2. The van der Waals surface area contributed by atoms with E-state index in [2.05, 4.69) is 64.8 Å². The Morgan fingerprint density at radius 2 is 2.15 bits per heavy atom. The number of aryl methyl sites for hydroxylation is 1. The molecule has 1 aromatic rings. The predicted molar refractivity (Wildman–Crippen MR) is 89.0 cm³/mol. The summed E-state index contributed by atoms with van der Waals surface area (Å²) in [6, 6.07) is 7.48. The van der Waals surface area contributed by atoms with E-state index in [9.17, 15) is 0 Å². The molecule has 0 saturated carbocycles. The number of rotatable bonds is 3. The fourth-order valence-corrected chi connectivity index (χ4v) is 3.53. The van der Waals surface area contributed by atoms with Crippen molar-refractivity contribution >= 4 is 15.9 Å². The molecule has 20 heavy (non-hydrogen) atoms. The second-order valence-corrected chi connectivity index (χ2v) is 6.82. The van der Waals surface area contributed by atoms with Gasteiger partial charge in [-0.3, -0.25) is 4.90 Å². The van der Waals surface area contributed by atoms with Gasteiger partial charge in [0, 0.05) is 36.2 Å². The molecule has 2 unspecified atom stereocenters. The van der Waals surface area contributed by atoms with Crippen molar-refractivity contribution in [3.63, 3.8) is 0 Å². The highest BCUT2D eigenvalue weighted by Gasteiger charge is 2.26. The lowest BCUT2D eigenvalue weighted by Gasteiger charge is -2.35. The Morgan fingerprint density at radius 1 is 1.40 bits per heavy atom. The van der Waals surface area contributed by atoms with E-state index in [1.165, 1.54) is 28.6 Å². The molecule has 0 aliphatic carbocycles. The predicted octanol–water partition coefficient (Wildman–Crippen LogP) is 2.78. The van der Waals surface area contributed by atoms with Crippen LogP contribution in [0.25, 0.3) is 0 Å². The Balaban J connectivity index is 2.23. The van der Waals surface area contributed by atoms with Crippen LogP contribution >= 0.6 is 15.9 Å². The van der Waals surface area contributed by atoms with Crippen LogP contribution in [0.15, 0.2) is 22.7 Å². The van der Waals surface area contributed by atoms with Crippen molar-refractivity contribution in [1.82, 2.24) is 9.80 Å². The van der Waals surface area contributed by atoms with Crippen molar-refractivity contribution in [1.29, 1.82) is 0 Å². The first-order valence-electron chi connectivity index (χ1n) is 7.43. The van der Waals surface area contributed by atoms with E-state index >= 15 is 0 Å². The molecule has 2 N–H and O–H groups in total. The van der Waals surface area contributed by atoms with Gasteiger partial charge in [0.2, 0.25) is 0 Å². The van der Waals surface area contributed by atoms with Crippen molar-refractivity contribution in [3.8, 4) is 0 Å². The van der Waals surface area contributed by atoms with Crippen LogP contribution < -0.4 is 5.73 Å². The van der Waals surface area contributed by atoms with Crippen LogP contribution in [0, 0.1) is 6.92 Å². The number of nitrogens with two attached hydrogens (primary N) is 1. The van der Waals surface area contributed by atoms with E-state index in [-0.39, 0.29) is 0 Å². The molecule has 1 saturated heterocycles. The largest absolute Gasteiger partial charge is 0.329 e. The van der Waals surface area contributed by atoms with Gasteiger partial charge in [0.25, 0.3) is 0 Å². The zero-order valence-electron chi connectivity index (χ0n) is 12.8. The molecule has 0 bridgehead atoms. The van der Waals surface area contributed by atoms with Gasteiger partial charge >= 0.3 is 0 Å². The highest BCUT2D eigenvalue weighted by atomic mass is 79.9. The molecule has 3 nitrogen and oxygen atoms in total. The lowest BCUT2D eigenvalue weighted by atomic mass is 10.0. The fraction of sp³-hybridized carbons (Fsp3) is 0.625. The molecular weight excluding hydrogens is 314 g/mol. The Hall–Kier alpha value is -0.420. The molecule has 2 atom stereocenters. The topological polar surface area (TPSA) is 32.5 Å². The van der Waals surface area contributed by atoms with Crippen molar-refractivity contribution in [2.75, 3.05) is 33.2 Å². The van der Waals surface area contributed by atoms with Crippen LogP contribution in [-0.2, 0) is 0 Å². The summed E-state index contributed by atoms with van der Waals surface area (Å²) in [5.41, 5.74) is 8.69. The molecule has 4 heteroatoms. The lowest BCUT2D eigenvalue weighted by molar-refractivity contribution is 0.146. The van der Waals surface area contributed by atoms with Crippen molar-refractivity contribution in [2.45, 2.75) is 32.4 Å². The number of halogens is 1. The van der Waals surface area contributed by atoms with Crippen molar-refractivity contribution < 1.29 is 0 Å². The summed E-state index contributed by atoms with van der Waals surface area (Å²) >= 11 is 3.64. The summed E-state index contributed by atoms with van der Waals surface area (Å²) in [7, 11) is 2.21. The first-order valence-corrected chi connectivity index (χ1v) is 8.22. The third kappa shape index (κ3) is 3.61. The molecule has 1 heterocycles. The normalized spacial score (nSPS) is 23.6. The first kappa shape index (κ1) is 16.0. The van der Waals surface area contributed by atoms with Crippen LogP contribution in [0.3, 0.4) is 0 Å². The van der Waals surface area contributed by atoms with Crippen LogP contribution in [0.1, 0.15) is 30.5 Å². The summed E-state index contributed by atoms with van der Waals surface area (Å²) in [6.45, 7) is 8.52. The van der Waals surface area contributed by atoms with Gasteiger partial charge in [0.05, 0.1) is 0 Å². The van der Waals surface area contributed by atoms with E-state index in [0.29, 0.717) is 18.6 Å². The van der Waals surface area contributed by atoms with E-state index in [1.54, 1.807) is 0 Å². The molecule has 0 spiro atoms. The van der Waals surface area contributed by atoms with Crippen LogP contribution in [0.2, 0.25) is 0 Å². The minimum atomic E-state index is 0.313. The highest BCUT2D eigenvalue weighted by Crippen LogP contribution is 2.27. The third-order valence-corrected chi connectivity index (χ3v) is 5.16. The maximum absolute atomic E-state index is 6.10. The number of hydrogen-bond donors (Lipinski definition) is 1. The third-order valence-electron chi connectivity index (χ3n) is 4.30. The first-order chi connectivity index (χ1) is 9.52. The van der Waals surface area contributed by atoms with Crippen molar-refractivity contribution in [3.05, 3.63) is 33.8 Å². The minimum Gasteiger partial charge on any atom is -0.329 e. The van der Waals surface area contributed by atoms with Gasteiger partial charge in [-0.1, -0.05) is 28.1 Å². The van der Waals surface area contributed by atoms with Gasteiger partial charge in [0.1, 0.15) is 0 Å². The summed E-state index contributed by atoms with van der Waals surface area (Å²) in [6.07, 6.45) is 1.21. The molecular formula is C16H26BrN3. The lowest BCUT2D eigenvalue weighted by Crippen LogP contribution is -2.42. The second kappa shape index (κ2) is 7.03. The number of likely N-dealkylation sites (N-methyl/N-ethyl adjacent to an activating group) is 1. The Morgan fingerprint density at radius 3 is 2.80 bits per heavy atom. The summed E-state index contributed by atoms with van der Waals surface area (Å²) in [5, 5.41) is 0. The fourth-order valence-electron chi connectivity index (χ4n) is 3.13. The van der Waals surface area contributed by atoms with E-state index in [0.717, 1.165) is 13.1 Å². The van der Waals surface area contributed by atoms with Crippen LogP contribution in [0.5, 0.6) is 0 Å². The highest BCUT2D eigenvalue weighted by molar-refractivity contribution is 9.10. The minimum absolute atomic E-state index is 0.313.